The Morgan fingerprint density at radius 2 is 1.24 bits per heavy atom. The van der Waals surface area contributed by atoms with E-state index in [4.69, 9.17) is 14.3 Å². The maximum Gasteiger partial charge on any atom is 0.470 e. The van der Waals surface area contributed by atoms with Gasteiger partial charge >= 0.3 is 7.82 Å². The summed E-state index contributed by atoms with van der Waals surface area (Å²) in [6.07, 6.45) is 17.4. The highest BCUT2D eigenvalue weighted by Gasteiger charge is 2.26. The normalized spacial score (nSPS) is 13.9. The minimum atomic E-state index is -4.58. The molecule has 206 valence electrons. The zero-order chi connectivity index (χ0) is 25.9. The molecule has 0 aliphatic rings. The summed E-state index contributed by atoms with van der Waals surface area (Å²) in [6, 6.07) is 0. The minimum absolute atomic E-state index is 0.131. The molecule has 8 nitrogen and oxygen atoms in total. The third-order valence-electron chi connectivity index (χ3n) is 5.83. The van der Waals surface area contributed by atoms with Crippen molar-refractivity contribution < 1.29 is 31.8 Å². The monoisotopic (exact) mass is 529 g/mol. The lowest BCUT2D eigenvalue weighted by Crippen LogP contribution is -2.42. The van der Waals surface area contributed by atoms with Crippen molar-refractivity contribution >= 4 is 17.8 Å². The summed E-state index contributed by atoms with van der Waals surface area (Å²) in [5.41, 5.74) is 0. The predicted molar refractivity (Wildman–Crippen MR) is 141 cm³/mol. The van der Waals surface area contributed by atoms with E-state index in [0.29, 0.717) is 30.3 Å². The third-order valence-corrected chi connectivity index (χ3v) is 7.87. The molecular weight excluding hydrogens is 475 g/mol. The summed E-state index contributed by atoms with van der Waals surface area (Å²) in [5.74, 6) is 0.131. The van der Waals surface area contributed by atoms with Crippen molar-refractivity contribution in [2.24, 2.45) is 0 Å². The smallest absolute Gasteiger partial charge is 0.329 e. The van der Waals surface area contributed by atoms with Crippen LogP contribution in [0, 0.1) is 0 Å². The van der Waals surface area contributed by atoms with E-state index in [1.165, 1.54) is 70.6 Å². The Bertz CT molecular complexity index is 634. The van der Waals surface area contributed by atoms with Crippen LogP contribution in [0.15, 0.2) is 0 Å². The second-order valence-electron chi connectivity index (χ2n) is 10.6. The molecule has 34 heavy (non-hydrogen) atoms. The van der Waals surface area contributed by atoms with Crippen molar-refractivity contribution in [1.82, 2.24) is 4.72 Å². The molecule has 0 aliphatic heterocycles. The molecule has 0 rings (SSSR count). The van der Waals surface area contributed by atoms with E-state index in [0.717, 1.165) is 12.8 Å². The Morgan fingerprint density at radius 1 is 0.794 bits per heavy atom. The van der Waals surface area contributed by atoms with Gasteiger partial charge in [0.15, 0.2) is 0 Å². The van der Waals surface area contributed by atoms with Crippen LogP contribution < -0.4 is 4.72 Å². The van der Waals surface area contributed by atoms with Gasteiger partial charge in [0.2, 0.25) is 10.0 Å². The van der Waals surface area contributed by atoms with Crippen LogP contribution in [-0.4, -0.2) is 68.8 Å². The van der Waals surface area contributed by atoms with Gasteiger partial charge in [-0.2, -0.15) is 0 Å². The first kappa shape index (κ1) is 34.0. The summed E-state index contributed by atoms with van der Waals surface area (Å²) >= 11 is 0. The zero-order valence-electron chi connectivity index (χ0n) is 22.3. The van der Waals surface area contributed by atoms with Crippen LogP contribution >= 0.6 is 7.82 Å². The maximum atomic E-state index is 12.2. The lowest BCUT2D eigenvalue weighted by Gasteiger charge is -2.29. The second-order valence-corrected chi connectivity index (χ2v) is 13.8. The standard InChI is InChI=1S/C24H53N2O6PS/c1-5-6-7-8-9-10-11-12-13-14-15-16-17-18-22-34(30,31)25-21-19-20-24(23-26(2,3)4)32-33(27,28)29/h24-25H,5-23H2,1-4H3,(H-,27,28,29)/p+1. The average molecular weight is 530 g/mol. The molecule has 10 heteroatoms. The number of nitrogens with zero attached hydrogens (tertiary/aromatic N) is 1. The summed E-state index contributed by atoms with van der Waals surface area (Å²) in [5, 5.41) is 0. The predicted octanol–water partition coefficient (Wildman–Crippen LogP) is 5.35. The van der Waals surface area contributed by atoms with Crippen molar-refractivity contribution in [3.8, 4) is 0 Å². The third kappa shape index (κ3) is 25.1. The van der Waals surface area contributed by atoms with E-state index in [2.05, 4.69) is 11.6 Å². The van der Waals surface area contributed by atoms with Crippen LogP contribution in [0.3, 0.4) is 0 Å². The first-order valence-corrected chi connectivity index (χ1v) is 16.5. The van der Waals surface area contributed by atoms with E-state index in [9.17, 15) is 13.0 Å². The molecule has 0 aliphatic carbocycles. The molecule has 0 fully saturated rings. The largest absolute Gasteiger partial charge is 0.470 e. The number of likely N-dealkylation sites (N-methyl/N-ethyl adjacent to an activating group) is 1. The number of rotatable bonds is 24. The van der Waals surface area contributed by atoms with E-state index in [-0.39, 0.29) is 12.3 Å². The van der Waals surface area contributed by atoms with E-state index >= 15 is 0 Å². The number of nitrogens with one attached hydrogen (secondary N) is 1. The summed E-state index contributed by atoms with van der Waals surface area (Å²) < 4.78 is 43.5. The number of phosphoric ester groups is 1. The quantitative estimate of drug-likeness (QED) is 0.0882. The summed E-state index contributed by atoms with van der Waals surface area (Å²) in [4.78, 5) is 18.2. The number of sulfonamides is 1. The highest BCUT2D eigenvalue weighted by molar-refractivity contribution is 7.89. The molecule has 1 atom stereocenters. The summed E-state index contributed by atoms with van der Waals surface area (Å²) in [6.45, 7) is 2.93. The van der Waals surface area contributed by atoms with E-state index in [1.54, 1.807) is 0 Å². The Hall–Kier alpha value is -0.0200. The molecule has 3 N–H and O–H groups in total. The Kier molecular flexibility index (Phi) is 19.1. The van der Waals surface area contributed by atoms with Crippen LogP contribution in [-0.2, 0) is 19.1 Å². The molecule has 0 saturated heterocycles. The van der Waals surface area contributed by atoms with Gasteiger partial charge in [0.1, 0.15) is 12.6 Å². The zero-order valence-corrected chi connectivity index (χ0v) is 24.1. The molecule has 0 saturated carbocycles. The molecule has 0 aromatic rings. The lowest BCUT2D eigenvalue weighted by atomic mass is 10.0. The molecular formula is C24H54N2O6PS+. The van der Waals surface area contributed by atoms with E-state index < -0.39 is 23.9 Å². The van der Waals surface area contributed by atoms with Crippen LogP contribution in [0.4, 0.5) is 0 Å². The molecule has 0 radical (unpaired) electrons. The molecule has 0 aromatic carbocycles. The topological polar surface area (TPSA) is 113 Å². The van der Waals surface area contributed by atoms with Gasteiger partial charge in [0.05, 0.1) is 26.9 Å². The number of quaternary nitrogens is 1. The average Bonchev–Trinajstić information content (AvgIpc) is 2.69. The van der Waals surface area contributed by atoms with Gasteiger partial charge in [-0.3, -0.25) is 4.52 Å². The number of unbranched alkanes of at least 4 members (excludes halogenated alkanes) is 13. The fraction of sp³-hybridized carbons (Fsp3) is 1.00. The van der Waals surface area contributed by atoms with Crippen molar-refractivity contribution in [2.75, 3.05) is 40.0 Å². The van der Waals surface area contributed by atoms with E-state index in [1.807, 2.05) is 21.1 Å². The number of hydrogen-bond donors (Lipinski definition) is 3. The van der Waals surface area contributed by atoms with Gasteiger partial charge in [0.25, 0.3) is 0 Å². The summed E-state index contributed by atoms with van der Waals surface area (Å²) in [7, 11) is -2.16. The number of hydrogen-bond acceptors (Lipinski definition) is 4. The first-order chi connectivity index (χ1) is 15.8. The van der Waals surface area contributed by atoms with Gasteiger partial charge < -0.3 is 14.3 Å². The van der Waals surface area contributed by atoms with Crippen molar-refractivity contribution in [2.45, 2.75) is 116 Å². The Morgan fingerprint density at radius 3 is 1.65 bits per heavy atom. The van der Waals surface area contributed by atoms with Crippen LogP contribution in [0.2, 0.25) is 0 Å². The lowest BCUT2D eigenvalue weighted by molar-refractivity contribution is -0.873. The molecule has 0 aromatic heterocycles. The van der Waals surface area contributed by atoms with Crippen LogP contribution in [0.1, 0.15) is 110 Å². The van der Waals surface area contributed by atoms with Gasteiger partial charge in [-0.15, -0.1) is 0 Å². The Balaban J connectivity index is 3.78. The van der Waals surface area contributed by atoms with Crippen LogP contribution in [0.25, 0.3) is 0 Å². The van der Waals surface area contributed by atoms with Gasteiger partial charge in [-0.1, -0.05) is 90.4 Å². The molecule has 0 amide bonds. The van der Waals surface area contributed by atoms with Crippen molar-refractivity contribution in [1.29, 1.82) is 0 Å². The molecule has 0 spiro atoms. The van der Waals surface area contributed by atoms with Gasteiger partial charge in [-0.05, 0) is 19.3 Å². The van der Waals surface area contributed by atoms with Crippen molar-refractivity contribution in [3.05, 3.63) is 0 Å². The fourth-order valence-corrected chi connectivity index (χ4v) is 5.84. The SMILES string of the molecule is CCCCCCCCCCCCCCCCS(=O)(=O)NCCCC(C[N+](C)(C)C)OP(=O)(O)O. The minimum Gasteiger partial charge on any atom is -0.329 e. The van der Waals surface area contributed by atoms with Gasteiger partial charge in [-0.25, -0.2) is 17.7 Å². The molecule has 0 heterocycles. The second kappa shape index (κ2) is 19.1. The number of phosphoric acid groups is 1. The van der Waals surface area contributed by atoms with Crippen LogP contribution in [0.5, 0.6) is 0 Å². The highest BCUT2D eigenvalue weighted by atomic mass is 32.2. The first-order valence-electron chi connectivity index (χ1n) is 13.4. The molecule has 0 bridgehead atoms. The fourth-order valence-electron chi connectivity index (χ4n) is 4.10. The molecule has 1 unspecified atom stereocenters. The maximum absolute atomic E-state index is 12.2. The van der Waals surface area contributed by atoms with Crippen molar-refractivity contribution in [3.63, 3.8) is 0 Å². The van der Waals surface area contributed by atoms with Gasteiger partial charge in [0, 0.05) is 6.54 Å². The Labute approximate surface area is 210 Å². The highest BCUT2D eigenvalue weighted by Crippen LogP contribution is 2.38.